The quantitative estimate of drug-likeness (QED) is 0.847. The summed E-state index contributed by atoms with van der Waals surface area (Å²) in [5.74, 6) is 0.408. The molecule has 1 unspecified atom stereocenters. The molecule has 4 nitrogen and oxygen atoms in total. The van der Waals surface area contributed by atoms with E-state index in [4.69, 9.17) is 0 Å². The van der Waals surface area contributed by atoms with Crippen LogP contribution in [-0.4, -0.2) is 26.3 Å². The molecule has 1 heterocycles. The second kappa shape index (κ2) is 5.93. The standard InChI is InChI=1S/C12H14Br2N2O2/c1-18-12(17)15-3-2-7-6-16-11-9(7)4-8(13)5-10(11)14/h4-5,7,16H,2-3,6H2,1H3,(H,15,17). The summed E-state index contributed by atoms with van der Waals surface area (Å²) >= 11 is 7.04. The number of carbonyl (C=O) groups is 1. The third-order valence-corrected chi connectivity index (χ3v) is 4.08. The van der Waals surface area contributed by atoms with E-state index in [0.29, 0.717) is 12.5 Å². The van der Waals surface area contributed by atoms with Crippen LogP contribution in [0, 0.1) is 0 Å². The van der Waals surface area contributed by atoms with Crippen LogP contribution >= 0.6 is 31.9 Å². The van der Waals surface area contributed by atoms with Gasteiger partial charge in [0.1, 0.15) is 0 Å². The molecule has 0 saturated heterocycles. The van der Waals surface area contributed by atoms with Crippen molar-refractivity contribution in [2.45, 2.75) is 12.3 Å². The Hall–Kier alpha value is -0.750. The Morgan fingerprint density at radius 1 is 1.56 bits per heavy atom. The van der Waals surface area contributed by atoms with Crippen molar-refractivity contribution in [1.82, 2.24) is 5.32 Å². The number of amides is 1. The first kappa shape index (κ1) is 13.7. The van der Waals surface area contributed by atoms with E-state index in [-0.39, 0.29) is 6.09 Å². The van der Waals surface area contributed by atoms with Crippen LogP contribution in [0.4, 0.5) is 10.5 Å². The second-order valence-corrected chi connectivity index (χ2v) is 5.91. The fraction of sp³-hybridized carbons (Fsp3) is 0.417. The lowest BCUT2D eigenvalue weighted by atomic mass is 9.98. The highest BCUT2D eigenvalue weighted by Crippen LogP contribution is 2.40. The third-order valence-electron chi connectivity index (χ3n) is 3.00. The summed E-state index contributed by atoms with van der Waals surface area (Å²) in [6.45, 7) is 1.51. The molecule has 2 rings (SSSR count). The van der Waals surface area contributed by atoms with Crippen LogP contribution in [0.1, 0.15) is 17.9 Å². The molecule has 0 spiro atoms. The molecule has 18 heavy (non-hydrogen) atoms. The van der Waals surface area contributed by atoms with Crippen molar-refractivity contribution in [3.8, 4) is 0 Å². The van der Waals surface area contributed by atoms with Gasteiger partial charge in [0.05, 0.1) is 12.8 Å². The van der Waals surface area contributed by atoms with E-state index < -0.39 is 0 Å². The van der Waals surface area contributed by atoms with Crippen molar-refractivity contribution in [1.29, 1.82) is 0 Å². The highest BCUT2D eigenvalue weighted by atomic mass is 79.9. The molecule has 0 aromatic heterocycles. The number of anilines is 1. The smallest absolute Gasteiger partial charge is 0.406 e. The van der Waals surface area contributed by atoms with Gasteiger partial charge in [-0.1, -0.05) is 15.9 Å². The third kappa shape index (κ3) is 2.98. The Kier molecular flexibility index (Phi) is 4.50. The lowest BCUT2D eigenvalue weighted by molar-refractivity contribution is 0.170. The molecule has 0 fully saturated rings. The number of alkyl carbamates (subject to hydrolysis) is 1. The average Bonchev–Trinajstić information content (AvgIpc) is 2.72. The number of rotatable bonds is 3. The summed E-state index contributed by atoms with van der Waals surface area (Å²) in [6.07, 6.45) is 0.509. The zero-order chi connectivity index (χ0) is 13.1. The zero-order valence-corrected chi connectivity index (χ0v) is 13.1. The number of carbonyl (C=O) groups excluding carboxylic acids is 1. The number of benzene rings is 1. The van der Waals surface area contributed by atoms with Gasteiger partial charge in [0.2, 0.25) is 0 Å². The van der Waals surface area contributed by atoms with Crippen molar-refractivity contribution >= 4 is 43.6 Å². The summed E-state index contributed by atoms with van der Waals surface area (Å²) in [4.78, 5) is 11.0. The number of fused-ring (bicyclic) bond motifs is 1. The first-order valence-corrected chi connectivity index (χ1v) is 7.25. The van der Waals surface area contributed by atoms with Gasteiger partial charge in [-0.3, -0.25) is 0 Å². The van der Waals surface area contributed by atoms with E-state index in [2.05, 4.69) is 53.3 Å². The lowest BCUT2D eigenvalue weighted by Gasteiger charge is -2.11. The molecule has 1 aliphatic heterocycles. The van der Waals surface area contributed by atoms with E-state index in [9.17, 15) is 4.79 Å². The number of hydrogen-bond acceptors (Lipinski definition) is 3. The van der Waals surface area contributed by atoms with E-state index in [1.54, 1.807) is 0 Å². The lowest BCUT2D eigenvalue weighted by Crippen LogP contribution is -2.25. The molecule has 0 saturated carbocycles. The Labute approximate surface area is 123 Å². The van der Waals surface area contributed by atoms with Gasteiger partial charge in [0.15, 0.2) is 0 Å². The summed E-state index contributed by atoms with van der Waals surface area (Å²) in [7, 11) is 1.37. The maximum absolute atomic E-state index is 11.0. The van der Waals surface area contributed by atoms with Crippen molar-refractivity contribution in [3.63, 3.8) is 0 Å². The largest absolute Gasteiger partial charge is 0.453 e. The van der Waals surface area contributed by atoms with Gasteiger partial charge in [0.25, 0.3) is 0 Å². The van der Waals surface area contributed by atoms with Gasteiger partial charge in [-0.25, -0.2) is 4.79 Å². The Morgan fingerprint density at radius 2 is 2.33 bits per heavy atom. The van der Waals surface area contributed by atoms with Crippen molar-refractivity contribution in [2.24, 2.45) is 0 Å². The normalized spacial score (nSPS) is 16.9. The highest BCUT2D eigenvalue weighted by Gasteiger charge is 2.24. The maximum atomic E-state index is 11.0. The molecule has 1 amide bonds. The molecule has 2 N–H and O–H groups in total. The molecule has 98 valence electrons. The average molecular weight is 378 g/mol. The van der Waals surface area contributed by atoms with Crippen molar-refractivity contribution < 1.29 is 9.53 Å². The molecule has 6 heteroatoms. The minimum absolute atomic E-state index is 0.378. The van der Waals surface area contributed by atoms with Gasteiger partial charge in [-0.05, 0) is 40.0 Å². The number of halogens is 2. The first-order chi connectivity index (χ1) is 8.61. The number of methoxy groups -OCH3 is 1. The van der Waals surface area contributed by atoms with Crippen molar-refractivity contribution in [3.05, 3.63) is 26.6 Å². The van der Waals surface area contributed by atoms with Crippen LogP contribution in [0.3, 0.4) is 0 Å². The molecule has 1 atom stereocenters. The predicted octanol–water partition coefficient (Wildman–Crippen LogP) is 3.47. The minimum atomic E-state index is -0.378. The SMILES string of the molecule is COC(=O)NCCC1CNc2c(Br)cc(Br)cc21. The number of hydrogen-bond donors (Lipinski definition) is 2. The van der Waals surface area contributed by atoms with E-state index >= 15 is 0 Å². The summed E-state index contributed by atoms with van der Waals surface area (Å²) in [5, 5.41) is 6.09. The van der Waals surface area contributed by atoms with Gasteiger partial charge in [-0.15, -0.1) is 0 Å². The van der Waals surface area contributed by atoms with Gasteiger partial charge in [-0.2, -0.15) is 0 Å². The first-order valence-electron chi connectivity index (χ1n) is 5.66. The maximum Gasteiger partial charge on any atom is 0.406 e. The van der Waals surface area contributed by atoms with Crippen molar-refractivity contribution in [2.75, 3.05) is 25.5 Å². The van der Waals surface area contributed by atoms with Crippen LogP contribution in [0.2, 0.25) is 0 Å². The molecule has 0 bridgehead atoms. The van der Waals surface area contributed by atoms with Crippen LogP contribution in [-0.2, 0) is 4.74 Å². The molecular formula is C12H14Br2N2O2. The molecule has 1 aliphatic rings. The summed E-state index contributed by atoms with van der Waals surface area (Å²) < 4.78 is 6.67. The van der Waals surface area contributed by atoms with Gasteiger partial charge < -0.3 is 15.4 Å². The topological polar surface area (TPSA) is 50.4 Å². The molecule has 0 aliphatic carbocycles. The summed E-state index contributed by atoms with van der Waals surface area (Å²) in [5.41, 5.74) is 2.43. The van der Waals surface area contributed by atoms with Crippen LogP contribution in [0.15, 0.2) is 21.1 Å². The van der Waals surface area contributed by atoms with Crippen LogP contribution in [0.25, 0.3) is 0 Å². The second-order valence-electron chi connectivity index (χ2n) is 4.14. The van der Waals surface area contributed by atoms with Gasteiger partial charge >= 0.3 is 6.09 Å². The van der Waals surface area contributed by atoms with E-state index in [1.807, 2.05) is 6.07 Å². The molecule has 1 aromatic carbocycles. The molecule has 0 radical (unpaired) electrons. The fourth-order valence-electron chi connectivity index (χ4n) is 2.12. The van der Waals surface area contributed by atoms with Crippen LogP contribution in [0.5, 0.6) is 0 Å². The van der Waals surface area contributed by atoms with Crippen LogP contribution < -0.4 is 10.6 Å². The van der Waals surface area contributed by atoms with E-state index in [0.717, 1.165) is 27.6 Å². The predicted molar refractivity (Wildman–Crippen MR) is 78.1 cm³/mol. The Bertz CT molecular complexity index is 466. The Balaban J connectivity index is 2.01. The highest BCUT2D eigenvalue weighted by molar-refractivity contribution is 9.11. The zero-order valence-electron chi connectivity index (χ0n) is 9.93. The fourth-order valence-corrected chi connectivity index (χ4v) is 3.51. The molecule has 1 aromatic rings. The van der Waals surface area contributed by atoms with Gasteiger partial charge in [0, 0.05) is 28.0 Å². The van der Waals surface area contributed by atoms with E-state index in [1.165, 1.54) is 12.7 Å². The minimum Gasteiger partial charge on any atom is -0.453 e. The monoisotopic (exact) mass is 376 g/mol. The number of nitrogens with one attached hydrogen (secondary N) is 2. The summed E-state index contributed by atoms with van der Waals surface area (Å²) in [6, 6.07) is 4.16. The molecular weight excluding hydrogens is 364 g/mol. The Morgan fingerprint density at radius 3 is 3.06 bits per heavy atom. The number of ether oxygens (including phenoxy) is 1.